The molecule has 0 aliphatic rings. The number of hydrogen-bond acceptors (Lipinski definition) is 5. The molecule has 1 amide bonds. The maximum Gasteiger partial charge on any atom is 0.265 e. The number of benzene rings is 1. The van der Waals surface area contributed by atoms with E-state index < -0.39 is 27.0 Å². The van der Waals surface area contributed by atoms with Crippen molar-refractivity contribution in [1.82, 2.24) is 14.1 Å². The zero-order chi connectivity index (χ0) is 20.9. The molecule has 0 atom stereocenters. The number of H-pyrrole nitrogens is 1. The topological polar surface area (TPSA) is 121 Å². The summed E-state index contributed by atoms with van der Waals surface area (Å²) in [6, 6.07) is 6.91. The predicted molar refractivity (Wildman–Crippen MR) is 106 cm³/mol. The summed E-state index contributed by atoms with van der Waals surface area (Å²) in [4.78, 5) is 35.2. The summed E-state index contributed by atoms with van der Waals surface area (Å²) >= 11 is 0. The summed E-state index contributed by atoms with van der Waals surface area (Å²) < 4.78 is 27.9. The molecule has 2 N–H and O–H groups in total. The first-order chi connectivity index (χ1) is 13.2. The Kier molecular flexibility index (Phi) is 6.92. The molecule has 28 heavy (non-hydrogen) atoms. The fourth-order valence-electron chi connectivity index (χ4n) is 2.72. The lowest BCUT2D eigenvalue weighted by Crippen LogP contribution is -2.31. The average molecular weight is 408 g/mol. The Morgan fingerprint density at radius 1 is 1.14 bits per heavy atom. The molecular formula is C18H24N4O5S. The van der Waals surface area contributed by atoms with Gasteiger partial charge in [0.05, 0.1) is 11.4 Å². The summed E-state index contributed by atoms with van der Waals surface area (Å²) in [5, 5.41) is 4.97. The molecule has 0 aliphatic carbocycles. The highest BCUT2D eigenvalue weighted by Crippen LogP contribution is 2.23. The molecule has 0 saturated heterocycles. The van der Waals surface area contributed by atoms with Gasteiger partial charge in [0.1, 0.15) is 0 Å². The summed E-state index contributed by atoms with van der Waals surface area (Å²) in [5.41, 5.74) is 0.0636. The second kappa shape index (κ2) is 8.98. The molecule has 0 unspecified atom stereocenters. The van der Waals surface area contributed by atoms with Crippen LogP contribution in [0.4, 0.5) is 5.69 Å². The van der Waals surface area contributed by atoms with Crippen LogP contribution in [0.1, 0.15) is 25.8 Å². The van der Waals surface area contributed by atoms with E-state index in [4.69, 9.17) is 0 Å². The van der Waals surface area contributed by atoms with Crippen molar-refractivity contribution in [2.75, 3.05) is 18.4 Å². The van der Waals surface area contributed by atoms with Gasteiger partial charge in [-0.1, -0.05) is 19.9 Å². The third-order valence-electron chi connectivity index (χ3n) is 4.25. The number of rotatable bonds is 8. The van der Waals surface area contributed by atoms with Gasteiger partial charge in [0.2, 0.25) is 15.9 Å². The molecular weight excluding hydrogens is 384 g/mol. The Balaban J connectivity index is 2.16. The summed E-state index contributed by atoms with van der Waals surface area (Å²) in [7, 11) is -3.66. The highest BCUT2D eigenvalue weighted by atomic mass is 32.2. The molecule has 0 aliphatic heterocycles. The fraction of sp³-hybridized carbons (Fsp3) is 0.389. The average Bonchev–Trinajstić information content (AvgIpc) is 2.64. The molecule has 152 valence electrons. The van der Waals surface area contributed by atoms with Gasteiger partial charge in [0, 0.05) is 37.3 Å². The quantitative estimate of drug-likeness (QED) is 0.672. The van der Waals surface area contributed by atoms with Crippen LogP contribution in [0, 0.1) is 6.92 Å². The lowest BCUT2D eigenvalue weighted by molar-refractivity contribution is -0.116. The Morgan fingerprint density at radius 2 is 1.82 bits per heavy atom. The Hall–Kier alpha value is -2.72. The molecule has 1 aromatic carbocycles. The van der Waals surface area contributed by atoms with E-state index in [1.807, 2.05) is 0 Å². The van der Waals surface area contributed by atoms with Crippen LogP contribution in [0.15, 0.2) is 44.8 Å². The minimum atomic E-state index is -3.66. The van der Waals surface area contributed by atoms with E-state index in [0.717, 1.165) is 16.8 Å². The number of hydrogen-bond donors (Lipinski definition) is 2. The predicted octanol–water partition coefficient (Wildman–Crippen LogP) is 0.904. The lowest BCUT2D eigenvalue weighted by atomic mass is 10.2. The van der Waals surface area contributed by atoms with Crippen LogP contribution in [0.5, 0.6) is 0 Å². The maximum absolute atomic E-state index is 12.8. The fourth-order valence-corrected chi connectivity index (χ4v) is 4.43. The normalized spacial score (nSPS) is 11.6. The first-order valence-corrected chi connectivity index (χ1v) is 10.3. The van der Waals surface area contributed by atoms with E-state index >= 15 is 0 Å². The van der Waals surface area contributed by atoms with Gasteiger partial charge >= 0.3 is 0 Å². The molecule has 0 saturated carbocycles. The van der Waals surface area contributed by atoms with Crippen LogP contribution in [-0.2, 0) is 21.4 Å². The molecule has 1 heterocycles. The molecule has 9 nitrogen and oxygen atoms in total. The van der Waals surface area contributed by atoms with Crippen LogP contribution in [0.25, 0.3) is 0 Å². The smallest absolute Gasteiger partial charge is 0.265 e. The standard InChI is InChI=1S/C18H24N4O5S/c1-4-21(5-2)28(26,27)15-12-14(7-6-13(15)3)19-16(23)10-11-22-18(25)9-8-17(24)20-22/h6-9,12H,4-5,10-11H2,1-3H3,(H,19,23)(H,20,24). The molecule has 0 radical (unpaired) electrons. The molecule has 2 aromatic rings. The number of carbonyl (C=O) groups is 1. The molecule has 0 spiro atoms. The number of carbonyl (C=O) groups excluding carboxylic acids is 1. The van der Waals surface area contributed by atoms with Gasteiger partial charge in [-0.15, -0.1) is 0 Å². The third-order valence-corrected chi connectivity index (χ3v) is 6.44. The number of aryl methyl sites for hydroxylation is 2. The highest BCUT2D eigenvalue weighted by Gasteiger charge is 2.24. The van der Waals surface area contributed by atoms with E-state index in [0.29, 0.717) is 24.3 Å². The number of anilines is 1. The second-order valence-electron chi connectivity index (χ2n) is 6.17. The summed E-state index contributed by atoms with van der Waals surface area (Å²) in [6.07, 6.45) is -0.0636. The maximum atomic E-state index is 12.8. The summed E-state index contributed by atoms with van der Waals surface area (Å²) in [6.45, 7) is 5.91. The van der Waals surface area contributed by atoms with Crippen molar-refractivity contribution in [2.24, 2.45) is 0 Å². The van der Waals surface area contributed by atoms with Gasteiger partial charge in [0.25, 0.3) is 11.1 Å². The molecule has 1 aromatic heterocycles. The second-order valence-corrected chi connectivity index (χ2v) is 8.07. The minimum Gasteiger partial charge on any atom is -0.326 e. The van der Waals surface area contributed by atoms with Crippen molar-refractivity contribution in [3.63, 3.8) is 0 Å². The van der Waals surface area contributed by atoms with Crippen LogP contribution in [0.2, 0.25) is 0 Å². The monoisotopic (exact) mass is 408 g/mol. The lowest BCUT2D eigenvalue weighted by Gasteiger charge is -2.20. The van der Waals surface area contributed by atoms with Gasteiger partial charge in [-0.2, -0.15) is 4.31 Å². The molecule has 0 fully saturated rings. The number of aromatic amines is 1. The van der Waals surface area contributed by atoms with E-state index in [1.54, 1.807) is 32.9 Å². The summed E-state index contributed by atoms with van der Waals surface area (Å²) in [5.74, 6) is -0.411. The Labute approximate surface area is 163 Å². The highest BCUT2D eigenvalue weighted by molar-refractivity contribution is 7.89. The first-order valence-electron chi connectivity index (χ1n) is 8.89. The van der Waals surface area contributed by atoms with Crippen molar-refractivity contribution in [2.45, 2.75) is 38.6 Å². The Morgan fingerprint density at radius 3 is 2.46 bits per heavy atom. The number of aromatic nitrogens is 2. The van der Waals surface area contributed by atoms with Crippen LogP contribution in [0.3, 0.4) is 0 Å². The number of amides is 1. The van der Waals surface area contributed by atoms with E-state index in [-0.39, 0.29) is 17.9 Å². The Bertz CT molecular complexity index is 1070. The minimum absolute atomic E-state index is 0.00277. The van der Waals surface area contributed by atoms with Gasteiger partial charge in [-0.25, -0.2) is 13.1 Å². The van der Waals surface area contributed by atoms with Crippen LogP contribution < -0.4 is 16.4 Å². The number of sulfonamides is 1. The SMILES string of the molecule is CCN(CC)S(=O)(=O)c1cc(NC(=O)CCn2[nH]c(=O)ccc2=O)ccc1C. The van der Waals surface area contributed by atoms with E-state index in [2.05, 4.69) is 10.4 Å². The zero-order valence-corrected chi connectivity index (χ0v) is 16.9. The van der Waals surface area contributed by atoms with E-state index in [1.165, 1.54) is 10.4 Å². The van der Waals surface area contributed by atoms with Crippen LogP contribution in [-0.4, -0.2) is 41.5 Å². The number of nitrogens with one attached hydrogen (secondary N) is 2. The van der Waals surface area contributed by atoms with Gasteiger partial charge in [-0.3, -0.25) is 19.5 Å². The molecule has 0 bridgehead atoms. The largest absolute Gasteiger partial charge is 0.326 e. The van der Waals surface area contributed by atoms with Crippen molar-refractivity contribution < 1.29 is 13.2 Å². The van der Waals surface area contributed by atoms with Crippen molar-refractivity contribution >= 4 is 21.6 Å². The van der Waals surface area contributed by atoms with Crippen molar-refractivity contribution in [3.8, 4) is 0 Å². The number of nitrogens with zero attached hydrogens (tertiary/aromatic N) is 2. The third kappa shape index (κ3) is 4.96. The molecule has 2 rings (SSSR count). The van der Waals surface area contributed by atoms with Gasteiger partial charge in [-0.05, 0) is 24.6 Å². The molecule has 10 heteroatoms. The van der Waals surface area contributed by atoms with Gasteiger partial charge < -0.3 is 5.32 Å². The van der Waals surface area contributed by atoms with Gasteiger partial charge in [0.15, 0.2) is 0 Å². The van der Waals surface area contributed by atoms with Crippen molar-refractivity contribution in [3.05, 3.63) is 56.6 Å². The van der Waals surface area contributed by atoms with E-state index in [9.17, 15) is 22.8 Å². The van der Waals surface area contributed by atoms with Crippen LogP contribution >= 0.6 is 0 Å². The first kappa shape index (κ1) is 21.6. The zero-order valence-electron chi connectivity index (χ0n) is 16.1. The van der Waals surface area contributed by atoms with Crippen molar-refractivity contribution in [1.29, 1.82) is 0 Å².